The number of nitrogens with zero attached hydrogens (tertiary/aromatic N) is 8. The second kappa shape index (κ2) is 37.4. The maximum atomic E-state index is 5.39. The molecule has 7 aromatic heterocycles. The molecule has 0 saturated carbocycles. The molecule has 0 atom stereocenters. The van der Waals surface area contributed by atoms with Crippen LogP contribution < -0.4 is 0 Å². The molecule has 22 aromatic carbocycles. The fourth-order valence-corrected chi connectivity index (χ4v) is 26.2. The molecule has 12 heteroatoms. The van der Waals surface area contributed by atoms with Crippen molar-refractivity contribution in [3.63, 3.8) is 0 Å². The van der Waals surface area contributed by atoms with E-state index in [1.54, 1.807) is 0 Å². The first-order valence-electron chi connectivity index (χ1n) is 48.9. The Morgan fingerprint density at radius 3 is 0.836 bits per heavy atom. The minimum absolute atomic E-state index is 0.652. The first-order chi connectivity index (χ1) is 72.4. The van der Waals surface area contributed by atoms with Crippen molar-refractivity contribution in [1.82, 2.24) is 39.9 Å². The summed E-state index contributed by atoms with van der Waals surface area (Å²) >= 11 is 7.44. The lowest BCUT2D eigenvalue weighted by Crippen LogP contribution is -2.01. The van der Waals surface area contributed by atoms with Crippen LogP contribution >= 0.6 is 45.3 Å². The number of benzene rings is 22. The summed E-state index contributed by atoms with van der Waals surface area (Å²) in [6.07, 6.45) is 0. The highest BCUT2D eigenvalue weighted by molar-refractivity contribution is 7.28. The van der Waals surface area contributed by atoms with Crippen LogP contribution in [-0.4, -0.2) is 39.9 Å². The van der Waals surface area contributed by atoms with Crippen LogP contribution in [0.3, 0.4) is 0 Å². The average Bonchev–Trinajstić information content (AvgIpc) is 0.850. The van der Waals surface area contributed by atoms with E-state index in [2.05, 4.69) is 388 Å². The van der Waals surface area contributed by atoms with E-state index in [1.807, 2.05) is 155 Å². The van der Waals surface area contributed by atoms with Gasteiger partial charge in [-0.2, -0.15) is 0 Å². The van der Waals surface area contributed by atoms with Crippen LogP contribution in [0.2, 0.25) is 0 Å². The molecule has 0 aliphatic rings. The zero-order chi connectivity index (χ0) is 96.5. The molecule has 0 spiro atoms. The molecule has 0 aliphatic heterocycles. The average molecular weight is 1930 g/mol. The van der Waals surface area contributed by atoms with Gasteiger partial charge in [0, 0.05) is 136 Å². The standard InChI is InChI=1S/C49H29N3S2.C43H27N3S.C42H26N2S/c1-3-14-32(15-4-1)47-50-48(33-16-5-2-6-17-33)52-49(51-47)44-37-20-8-7-19-36(37)42(46-43(44)39-21-10-12-25-41(39)54-46)31-28-26-30(27-29-31)34-22-13-23-38-35-18-9-11-24-40(35)53-45(34)38;1-4-14-28(15-5-1)38-34-21-11-10-20-33(34)37(39-35-22-12-13-23-36(35)47-40(38)39)29-24-26-32(27-25-29)43-45-41(30-16-6-2-7-17-30)44-42(46-43)31-18-8-3-9-19-31;1-3-14-27(15-4-1)29-18-13-19-30(26-29)37-31-20-7-8-21-32(31)39(42-38(37)33-22-9-12-25-36(33)45-42)41-40(28-16-5-2-6-17-28)43-34-23-10-11-24-35(34)44-41/h1-29H;1-27H;1-26H. The van der Waals surface area contributed by atoms with Gasteiger partial charge in [0.25, 0.3) is 0 Å². The quantitative estimate of drug-likeness (QED) is 0.106. The van der Waals surface area contributed by atoms with E-state index in [-0.39, 0.29) is 0 Å². The smallest absolute Gasteiger partial charge is 0.165 e. The number of fused-ring (bicyclic) bond motifs is 16. The molecule has 0 aliphatic carbocycles. The molecule has 8 nitrogen and oxygen atoms in total. The van der Waals surface area contributed by atoms with Gasteiger partial charge in [0.1, 0.15) is 0 Å². The molecule has 7 heterocycles. The third kappa shape index (κ3) is 15.7. The molecule has 682 valence electrons. The molecule has 0 unspecified atom stereocenters. The summed E-state index contributed by atoms with van der Waals surface area (Å²) in [5.41, 5.74) is 26.4. The topological polar surface area (TPSA) is 103 Å². The zero-order valence-corrected chi connectivity index (χ0v) is 81.8. The number of hydrogen-bond donors (Lipinski definition) is 0. The van der Waals surface area contributed by atoms with Crippen LogP contribution in [0.1, 0.15) is 0 Å². The third-order valence-electron chi connectivity index (χ3n) is 27.7. The van der Waals surface area contributed by atoms with Crippen LogP contribution in [0.5, 0.6) is 0 Å². The van der Waals surface area contributed by atoms with Crippen LogP contribution in [0.15, 0.2) is 497 Å². The van der Waals surface area contributed by atoms with Gasteiger partial charge >= 0.3 is 0 Å². The Morgan fingerprint density at radius 1 is 0.130 bits per heavy atom. The van der Waals surface area contributed by atoms with Crippen molar-refractivity contribution in [1.29, 1.82) is 0 Å². The molecular formula is C134H82N8S4. The fraction of sp³-hybridized carbons (Fsp3) is 0. The maximum Gasteiger partial charge on any atom is 0.165 e. The van der Waals surface area contributed by atoms with Crippen molar-refractivity contribution in [3.8, 4) is 158 Å². The summed E-state index contributed by atoms with van der Waals surface area (Å²) in [5.74, 6) is 3.96. The summed E-state index contributed by atoms with van der Waals surface area (Å²) in [6, 6.07) is 176. The lowest BCUT2D eigenvalue weighted by atomic mass is 9.87. The monoisotopic (exact) mass is 1930 g/mol. The molecule has 0 amide bonds. The van der Waals surface area contributed by atoms with Gasteiger partial charge in [0.15, 0.2) is 34.9 Å². The Morgan fingerprint density at radius 2 is 0.390 bits per heavy atom. The minimum atomic E-state index is 0.652. The van der Waals surface area contributed by atoms with Crippen molar-refractivity contribution in [2.75, 3.05) is 0 Å². The molecule has 0 saturated heterocycles. The van der Waals surface area contributed by atoms with Crippen molar-refractivity contribution >= 4 is 169 Å². The Balaban J connectivity index is 0.000000109. The summed E-state index contributed by atoms with van der Waals surface area (Å²) < 4.78 is 10.2. The molecule has 29 rings (SSSR count). The van der Waals surface area contributed by atoms with Gasteiger partial charge in [0.05, 0.1) is 22.4 Å². The Labute approximate surface area is 857 Å². The van der Waals surface area contributed by atoms with Gasteiger partial charge in [-0.15, -0.1) is 45.3 Å². The van der Waals surface area contributed by atoms with E-state index in [0.717, 1.165) is 72.3 Å². The van der Waals surface area contributed by atoms with Gasteiger partial charge in [-0.1, -0.05) is 455 Å². The largest absolute Gasteiger partial charge is 0.244 e. The van der Waals surface area contributed by atoms with E-state index < -0.39 is 0 Å². The summed E-state index contributed by atoms with van der Waals surface area (Å²) in [4.78, 5) is 41.0. The summed E-state index contributed by atoms with van der Waals surface area (Å²) in [6.45, 7) is 0. The Hall–Kier alpha value is -18.1. The number of aromatic nitrogens is 8. The van der Waals surface area contributed by atoms with Crippen molar-refractivity contribution < 1.29 is 0 Å². The molecule has 0 radical (unpaired) electrons. The predicted octanol–water partition coefficient (Wildman–Crippen LogP) is 37.6. The minimum Gasteiger partial charge on any atom is -0.244 e. The molecular weight excluding hydrogens is 1850 g/mol. The lowest BCUT2D eigenvalue weighted by molar-refractivity contribution is 1.07. The maximum absolute atomic E-state index is 5.39. The van der Waals surface area contributed by atoms with E-state index in [0.29, 0.717) is 34.9 Å². The summed E-state index contributed by atoms with van der Waals surface area (Å²) in [7, 11) is 0. The van der Waals surface area contributed by atoms with E-state index in [1.165, 1.54) is 174 Å². The normalized spacial score (nSPS) is 11.6. The molecule has 0 bridgehead atoms. The van der Waals surface area contributed by atoms with Crippen LogP contribution in [0.4, 0.5) is 0 Å². The van der Waals surface area contributed by atoms with Gasteiger partial charge < -0.3 is 0 Å². The van der Waals surface area contributed by atoms with Crippen molar-refractivity contribution in [2.45, 2.75) is 0 Å². The van der Waals surface area contributed by atoms with E-state index in [9.17, 15) is 0 Å². The van der Waals surface area contributed by atoms with Gasteiger partial charge in [-0.05, 0) is 130 Å². The van der Waals surface area contributed by atoms with Crippen LogP contribution in [0.25, 0.3) is 282 Å². The first kappa shape index (κ1) is 86.9. The SMILES string of the molecule is c1ccc(-c2cccc(-c3c4ccccc4c(-c4nc5ccccc5nc4-c4ccccc4)c4sc5ccccc5c34)c2)cc1.c1ccc(-c2nc(-c3ccccc3)nc(-c3c4ccccc4c(-c4ccc(-c5cccc6c5sc5ccccc56)cc4)c4sc5ccccc5c34)n2)cc1.c1ccc(-c2nc(-c3ccccc3)nc(-c3ccc(-c4c5ccccc5c(-c5ccccc5)c5sc6ccccc6c45)cc3)n2)cc1. The van der Waals surface area contributed by atoms with E-state index >= 15 is 0 Å². The lowest BCUT2D eigenvalue weighted by Gasteiger charge is -2.18. The second-order valence-electron chi connectivity index (χ2n) is 36.4. The highest BCUT2D eigenvalue weighted by Gasteiger charge is 2.30. The highest BCUT2D eigenvalue weighted by Crippen LogP contribution is 2.56. The van der Waals surface area contributed by atoms with Gasteiger partial charge in [0.2, 0.25) is 0 Å². The predicted molar refractivity (Wildman–Crippen MR) is 619 cm³/mol. The van der Waals surface area contributed by atoms with Crippen LogP contribution in [-0.2, 0) is 0 Å². The fourth-order valence-electron chi connectivity index (χ4n) is 21.1. The second-order valence-corrected chi connectivity index (χ2v) is 40.6. The third-order valence-corrected chi connectivity index (χ3v) is 32.5. The molecule has 29 aromatic rings. The number of thiophene rings is 4. The van der Waals surface area contributed by atoms with Crippen molar-refractivity contribution in [2.24, 2.45) is 0 Å². The van der Waals surface area contributed by atoms with Gasteiger partial charge in [-0.25, -0.2) is 39.9 Å². The Kier molecular flexibility index (Phi) is 22.3. The highest BCUT2D eigenvalue weighted by atomic mass is 32.1. The molecule has 0 fully saturated rings. The Bertz CT molecular complexity index is 9990. The van der Waals surface area contributed by atoms with Crippen molar-refractivity contribution in [3.05, 3.63) is 497 Å². The number of rotatable bonds is 14. The van der Waals surface area contributed by atoms with E-state index in [4.69, 9.17) is 39.9 Å². The first-order valence-corrected chi connectivity index (χ1v) is 52.2. The van der Waals surface area contributed by atoms with Crippen LogP contribution in [0, 0.1) is 0 Å². The molecule has 0 N–H and O–H groups in total. The summed E-state index contributed by atoms with van der Waals surface area (Å²) in [5, 5.41) is 17.3. The molecule has 146 heavy (non-hydrogen) atoms. The van der Waals surface area contributed by atoms with Gasteiger partial charge in [-0.3, -0.25) is 0 Å². The zero-order valence-electron chi connectivity index (χ0n) is 78.6. The number of para-hydroxylation sites is 2. The number of hydrogen-bond acceptors (Lipinski definition) is 12.